The molecule has 1 fully saturated rings. The molecule has 4 heteroatoms. The summed E-state index contributed by atoms with van der Waals surface area (Å²) in [6.07, 6.45) is 0. The molecular formula is C12H15NO3. The van der Waals surface area contributed by atoms with Gasteiger partial charge in [-0.05, 0) is 19.2 Å². The summed E-state index contributed by atoms with van der Waals surface area (Å²) in [6.45, 7) is 2.64. The summed E-state index contributed by atoms with van der Waals surface area (Å²) in [4.78, 5) is 13.1. The van der Waals surface area contributed by atoms with E-state index in [1.165, 1.54) is 0 Å². The Morgan fingerprint density at radius 3 is 2.81 bits per heavy atom. The van der Waals surface area contributed by atoms with E-state index in [-0.39, 0.29) is 5.56 Å². The fourth-order valence-corrected chi connectivity index (χ4v) is 1.91. The molecule has 2 rings (SSSR count). The van der Waals surface area contributed by atoms with Gasteiger partial charge in [0.25, 0.3) is 0 Å². The molecule has 0 bridgehead atoms. The number of para-hydroxylation sites is 1. The van der Waals surface area contributed by atoms with Crippen LogP contribution in [-0.2, 0) is 0 Å². The zero-order chi connectivity index (χ0) is 11.5. The van der Waals surface area contributed by atoms with Crippen molar-refractivity contribution in [3.05, 3.63) is 29.8 Å². The summed E-state index contributed by atoms with van der Waals surface area (Å²) in [6, 6.07) is 6.75. The highest BCUT2D eigenvalue weighted by atomic mass is 16.5. The molecule has 0 aliphatic carbocycles. The van der Waals surface area contributed by atoms with E-state index in [0.717, 1.165) is 13.1 Å². The average molecular weight is 221 g/mol. The molecule has 0 amide bonds. The van der Waals surface area contributed by atoms with E-state index in [9.17, 15) is 4.79 Å². The molecule has 1 aromatic rings. The van der Waals surface area contributed by atoms with Gasteiger partial charge in [-0.25, -0.2) is 4.79 Å². The van der Waals surface area contributed by atoms with Crippen molar-refractivity contribution < 1.29 is 14.6 Å². The molecule has 1 aromatic carbocycles. The number of hydrogen-bond acceptors (Lipinski definition) is 3. The number of ether oxygens (including phenoxy) is 1. The zero-order valence-corrected chi connectivity index (χ0v) is 9.22. The Balaban J connectivity index is 1.95. The number of carboxylic acids is 1. The van der Waals surface area contributed by atoms with Crippen LogP contribution in [0.5, 0.6) is 5.75 Å². The minimum Gasteiger partial charge on any atom is -0.492 e. The molecular weight excluding hydrogens is 206 g/mol. The van der Waals surface area contributed by atoms with Gasteiger partial charge >= 0.3 is 5.97 Å². The van der Waals surface area contributed by atoms with E-state index in [4.69, 9.17) is 9.84 Å². The van der Waals surface area contributed by atoms with Gasteiger partial charge in [-0.3, -0.25) is 0 Å². The average Bonchev–Trinajstić information content (AvgIpc) is 2.23. The first-order chi connectivity index (χ1) is 7.66. The van der Waals surface area contributed by atoms with E-state index < -0.39 is 5.97 Å². The Labute approximate surface area is 94.4 Å². The Bertz CT molecular complexity index is 386. The minimum atomic E-state index is -0.943. The Morgan fingerprint density at radius 1 is 1.50 bits per heavy atom. The van der Waals surface area contributed by atoms with Crippen LogP contribution >= 0.6 is 0 Å². The molecule has 1 N–H and O–H groups in total. The lowest BCUT2D eigenvalue weighted by atomic mass is 10.0. The van der Waals surface area contributed by atoms with Gasteiger partial charge < -0.3 is 14.7 Å². The molecule has 0 radical (unpaired) electrons. The second-order valence-corrected chi connectivity index (χ2v) is 4.20. The Kier molecular flexibility index (Phi) is 3.10. The maximum absolute atomic E-state index is 10.9. The van der Waals surface area contributed by atoms with Gasteiger partial charge in [-0.15, -0.1) is 0 Å². The van der Waals surface area contributed by atoms with Crippen molar-refractivity contribution in [1.29, 1.82) is 0 Å². The van der Waals surface area contributed by atoms with Crippen LogP contribution in [-0.4, -0.2) is 42.7 Å². The molecule has 1 aliphatic heterocycles. The number of carbonyl (C=O) groups is 1. The van der Waals surface area contributed by atoms with Crippen LogP contribution < -0.4 is 4.74 Å². The van der Waals surface area contributed by atoms with E-state index in [0.29, 0.717) is 18.3 Å². The van der Waals surface area contributed by atoms with Gasteiger partial charge in [-0.1, -0.05) is 12.1 Å². The first-order valence-corrected chi connectivity index (χ1v) is 5.30. The molecule has 0 aromatic heterocycles. The number of hydrogen-bond donors (Lipinski definition) is 1. The molecule has 0 unspecified atom stereocenters. The molecule has 1 saturated heterocycles. The van der Waals surface area contributed by atoms with E-state index in [1.807, 2.05) is 0 Å². The van der Waals surface area contributed by atoms with Crippen molar-refractivity contribution in [3.8, 4) is 5.75 Å². The number of likely N-dealkylation sites (tertiary alicyclic amines) is 1. The third-order valence-electron chi connectivity index (χ3n) is 2.73. The number of nitrogens with zero attached hydrogens (tertiary/aromatic N) is 1. The Morgan fingerprint density at radius 2 is 2.19 bits per heavy atom. The third-order valence-corrected chi connectivity index (χ3v) is 2.73. The number of rotatable bonds is 4. The molecule has 4 nitrogen and oxygen atoms in total. The summed E-state index contributed by atoms with van der Waals surface area (Å²) < 4.78 is 5.54. The summed E-state index contributed by atoms with van der Waals surface area (Å²) in [7, 11) is 2.06. The summed E-state index contributed by atoms with van der Waals surface area (Å²) in [5.41, 5.74) is 0.232. The van der Waals surface area contributed by atoms with Gasteiger partial charge in [0.05, 0.1) is 6.61 Å². The zero-order valence-electron chi connectivity index (χ0n) is 9.22. The van der Waals surface area contributed by atoms with Gasteiger partial charge in [0.2, 0.25) is 0 Å². The number of benzene rings is 1. The van der Waals surface area contributed by atoms with Gasteiger partial charge in [0.15, 0.2) is 0 Å². The normalized spacial score (nSPS) is 16.8. The van der Waals surface area contributed by atoms with Crippen molar-refractivity contribution in [3.63, 3.8) is 0 Å². The largest absolute Gasteiger partial charge is 0.492 e. The van der Waals surface area contributed by atoms with Gasteiger partial charge in [0.1, 0.15) is 11.3 Å². The topological polar surface area (TPSA) is 49.8 Å². The van der Waals surface area contributed by atoms with Crippen LogP contribution in [0.25, 0.3) is 0 Å². The molecule has 0 spiro atoms. The quantitative estimate of drug-likeness (QED) is 0.833. The molecule has 1 aliphatic rings. The lowest BCUT2D eigenvalue weighted by Gasteiger charge is -2.35. The van der Waals surface area contributed by atoms with Crippen molar-refractivity contribution >= 4 is 5.97 Å². The SMILES string of the molecule is CN1CC(COc2ccccc2C(=O)O)C1. The minimum absolute atomic E-state index is 0.232. The maximum Gasteiger partial charge on any atom is 0.339 e. The molecule has 16 heavy (non-hydrogen) atoms. The van der Waals surface area contributed by atoms with Crippen molar-refractivity contribution in [2.24, 2.45) is 5.92 Å². The van der Waals surface area contributed by atoms with Crippen LogP contribution in [0.15, 0.2) is 24.3 Å². The second kappa shape index (κ2) is 4.53. The van der Waals surface area contributed by atoms with Crippen LogP contribution in [0, 0.1) is 5.92 Å². The monoisotopic (exact) mass is 221 g/mol. The van der Waals surface area contributed by atoms with Crippen LogP contribution in [0.3, 0.4) is 0 Å². The van der Waals surface area contributed by atoms with Crippen LogP contribution in [0.4, 0.5) is 0 Å². The molecule has 0 saturated carbocycles. The van der Waals surface area contributed by atoms with Gasteiger partial charge in [-0.2, -0.15) is 0 Å². The van der Waals surface area contributed by atoms with Crippen molar-refractivity contribution in [2.45, 2.75) is 0 Å². The summed E-state index contributed by atoms with van der Waals surface area (Å²) in [5.74, 6) is 0.0396. The fourth-order valence-electron chi connectivity index (χ4n) is 1.91. The van der Waals surface area contributed by atoms with Crippen LogP contribution in [0.2, 0.25) is 0 Å². The first-order valence-electron chi connectivity index (χ1n) is 5.30. The summed E-state index contributed by atoms with van der Waals surface area (Å²) in [5, 5.41) is 8.96. The predicted molar refractivity (Wildman–Crippen MR) is 59.9 cm³/mol. The lowest BCUT2D eigenvalue weighted by Crippen LogP contribution is -2.46. The van der Waals surface area contributed by atoms with E-state index in [1.54, 1.807) is 24.3 Å². The number of carboxylic acid groups (broad SMARTS) is 1. The van der Waals surface area contributed by atoms with Crippen molar-refractivity contribution in [2.75, 3.05) is 26.7 Å². The van der Waals surface area contributed by atoms with Crippen molar-refractivity contribution in [1.82, 2.24) is 4.90 Å². The predicted octanol–water partition coefficient (Wildman–Crippen LogP) is 1.33. The second-order valence-electron chi connectivity index (χ2n) is 4.20. The third kappa shape index (κ3) is 2.33. The lowest BCUT2D eigenvalue weighted by molar-refractivity contribution is 0.0676. The highest BCUT2D eigenvalue weighted by Gasteiger charge is 2.24. The van der Waals surface area contributed by atoms with E-state index >= 15 is 0 Å². The smallest absolute Gasteiger partial charge is 0.339 e. The first kappa shape index (κ1) is 11.0. The number of aromatic carboxylic acids is 1. The summed E-state index contributed by atoms with van der Waals surface area (Å²) >= 11 is 0. The van der Waals surface area contributed by atoms with Crippen LogP contribution in [0.1, 0.15) is 10.4 Å². The standard InChI is InChI=1S/C12H15NO3/c1-13-6-9(7-13)8-16-11-5-3-2-4-10(11)12(14)15/h2-5,9H,6-8H2,1H3,(H,14,15). The maximum atomic E-state index is 10.9. The molecule has 86 valence electrons. The van der Waals surface area contributed by atoms with E-state index in [2.05, 4.69) is 11.9 Å². The highest BCUT2D eigenvalue weighted by Crippen LogP contribution is 2.20. The fraction of sp³-hybridized carbons (Fsp3) is 0.417. The highest BCUT2D eigenvalue weighted by molar-refractivity contribution is 5.90. The van der Waals surface area contributed by atoms with Gasteiger partial charge in [0, 0.05) is 19.0 Å². The Hall–Kier alpha value is -1.55. The molecule has 0 atom stereocenters. The molecule has 1 heterocycles.